The number of aromatic nitrogens is 2. The van der Waals surface area contributed by atoms with E-state index in [1.54, 1.807) is 0 Å². The second-order valence-electron chi connectivity index (χ2n) is 3.99. The van der Waals surface area contributed by atoms with Crippen molar-refractivity contribution in [2.75, 3.05) is 13.1 Å². The Kier molecular flexibility index (Phi) is 3.26. The second-order valence-corrected chi connectivity index (χ2v) is 4.78. The highest BCUT2D eigenvalue weighted by molar-refractivity contribution is 9.10. The van der Waals surface area contributed by atoms with Crippen LogP contribution >= 0.6 is 15.9 Å². The van der Waals surface area contributed by atoms with E-state index in [2.05, 4.69) is 32.4 Å². The van der Waals surface area contributed by atoms with E-state index >= 15 is 0 Å². The topological polar surface area (TPSA) is 29.9 Å². The standard InChI is InChI=1S/C11H16BrN3/c1-8-11(12)10(15(2)14-8)6-9-4-3-5-13-7-9/h6,13H,3-5,7H2,1-2H3. The van der Waals surface area contributed by atoms with Crippen LogP contribution in [0.5, 0.6) is 0 Å². The molecule has 1 fully saturated rings. The molecule has 4 heteroatoms. The van der Waals surface area contributed by atoms with Crippen LogP contribution in [-0.4, -0.2) is 22.9 Å². The monoisotopic (exact) mass is 269 g/mol. The Morgan fingerprint density at radius 3 is 2.87 bits per heavy atom. The summed E-state index contributed by atoms with van der Waals surface area (Å²) in [6.07, 6.45) is 4.68. The molecule has 2 rings (SSSR count). The smallest absolute Gasteiger partial charge is 0.0751 e. The molecule has 0 amide bonds. The third-order valence-electron chi connectivity index (χ3n) is 2.74. The Balaban J connectivity index is 2.29. The molecule has 1 N–H and O–H groups in total. The third kappa shape index (κ3) is 2.32. The molecule has 0 aromatic carbocycles. The van der Waals surface area contributed by atoms with E-state index in [0.29, 0.717) is 0 Å². The van der Waals surface area contributed by atoms with Crippen LogP contribution in [0, 0.1) is 6.92 Å². The molecule has 1 aromatic rings. The average Bonchev–Trinajstić information content (AvgIpc) is 2.47. The van der Waals surface area contributed by atoms with E-state index in [1.165, 1.54) is 24.1 Å². The molecule has 15 heavy (non-hydrogen) atoms. The zero-order valence-electron chi connectivity index (χ0n) is 9.18. The van der Waals surface area contributed by atoms with Crippen LogP contribution in [0.3, 0.4) is 0 Å². The maximum absolute atomic E-state index is 4.38. The van der Waals surface area contributed by atoms with Gasteiger partial charge in [-0.1, -0.05) is 5.57 Å². The number of halogens is 1. The van der Waals surface area contributed by atoms with E-state index in [1.807, 2.05) is 18.7 Å². The molecule has 0 bridgehead atoms. The first-order valence-corrected chi connectivity index (χ1v) is 6.07. The van der Waals surface area contributed by atoms with Crippen molar-refractivity contribution in [2.45, 2.75) is 19.8 Å². The molecule has 1 saturated heterocycles. The van der Waals surface area contributed by atoms with Crippen molar-refractivity contribution in [1.82, 2.24) is 15.1 Å². The fourth-order valence-corrected chi connectivity index (χ4v) is 2.35. The van der Waals surface area contributed by atoms with Crippen LogP contribution < -0.4 is 5.32 Å². The molecule has 1 aliphatic heterocycles. The molecule has 0 spiro atoms. The van der Waals surface area contributed by atoms with Crippen LogP contribution in [0.2, 0.25) is 0 Å². The van der Waals surface area contributed by atoms with Crippen molar-refractivity contribution in [3.63, 3.8) is 0 Å². The van der Waals surface area contributed by atoms with Crippen LogP contribution in [0.25, 0.3) is 6.08 Å². The Bertz CT molecular complexity index is 385. The summed E-state index contributed by atoms with van der Waals surface area (Å²) >= 11 is 3.58. The normalized spacial score (nSPS) is 19.8. The summed E-state index contributed by atoms with van der Waals surface area (Å²) in [7, 11) is 1.99. The van der Waals surface area contributed by atoms with Gasteiger partial charge in [0.1, 0.15) is 0 Å². The molecule has 0 radical (unpaired) electrons. The first-order chi connectivity index (χ1) is 7.18. The Morgan fingerprint density at radius 2 is 2.33 bits per heavy atom. The minimum atomic E-state index is 1.01. The minimum Gasteiger partial charge on any atom is -0.313 e. The fourth-order valence-electron chi connectivity index (χ4n) is 1.90. The van der Waals surface area contributed by atoms with Gasteiger partial charge in [-0.25, -0.2) is 0 Å². The van der Waals surface area contributed by atoms with Gasteiger partial charge in [-0.15, -0.1) is 0 Å². The van der Waals surface area contributed by atoms with Gasteiger partial charge in [0.05, 0.1) is 15.9 Å². The number of hydrogen-bond donors (Lipinski definition) is 1. The van der Waals surface area contributed by atoms with Crippen LogP contribution in [0.1, 0.15) is 24.2 Å². The lowest BCUT2D eigenvalue weighted by molar-refractivity contribution is 0.612. The van der Waals surface area contributed by atoms with Crippen LogP contribution in [0.15, 0.2) is 10.0 Å². The fraction of sp³-hybridized carbons (Fsp3) is 0.545. The molecule has 1 aliphatic rings. The summed E-state index contributed by atoms with van der Waals surface area (Å²) in [5, 5.41) is 7.77. The van der Waals surface area contributed by atoms with Gasteiger partial charge < -0.3 is 5.32 Å². The lowest BCUT2D eigenvalue weighted by Gasteiger charge is -2.15. The summed E-state index contributed by atoms with van der Waals surface area (Å²) in [5.74, 6) is 0. The first-order valence-electron chi connectivity index (χ1n) is 5.27. The van der Waals surface area contributed by atoms with E-state index in [0.717, 1.165) is 23.3 Å². The van der Waals surface area contributed by atoms with Crippen molar-refractivity contribution < 1.29 is 0 Å². The van der Waals surface area contributed by atoms with E-state index in [4.69, 9.17) is 0 Å². The van der Waals surface area contributed by atoms with Gasteiger partial charge in [0.25, 0.3) is 0 Å². The molecule has 2 heterocycles. The number of nitrogens with one attached hydrogen (secondary N) is 1. The molecule has 1 aromatic heterocycles. The second kappa shape index (κ2) is 4.49. The maximum Gasteiger partial charge on any atom is 0.0751 e. The minimum absolute atomic E-state index is 1.01. The SMILES string of the molecule is Cc1nn(C)c(C=C2CCCNC2)c1Br. The molecule has 0 unspecified atom stereocenters. The van der Waals surface area contributed by atoms with Crippen molar-refractivity contribution in [3.8, 4) is 0 Å². The van der Waals surface area contributed by atoms with Gasteiger partial charge in [-0.2, -0.15) is 5.10 Å². The van der Waals surface area contributed by atoms with Gasteiger partial charge >= 0.3 is 0 Å². The zero-order valence-corrected chi connectivity index (χ0v) is 10.8. The van der Waals surface area contributed by atoms with E-state index in [-0.39, 0.29) is 0 Å². The third-order valence-corrected chi connectivity index (χ3v) is 3.72. The van der Waals surface area contributed by atoms with E-state index in [9.17, 15) is 0 Å². The molecule has 0 saturated carbocycles. The van der Waals surface area contributed by atoms with Crippen molar-refractivity contribution >= 4 is 22.0 Å². The largest absolute Gasteiger partial charge is 0.313 e. The lowest BCUT2D eigenvalue weighted by atomic mass is 10.1. The Labute approximate surface area is 98.7 Å². The van der Waals surface area contributed by atoms with Crippen molar-refractivity contribution in [3.05, 3.63) is 21.4 Å². The summed E-state index contributed by atoms with van der Waals surface area (Å²) in [6.45, 7) is 4.17. The van der Waals surface area contributed by atoms with Crippen molar-refractivity contribution in [1.29, 1.82) is 0 Å². The number of aryl methyl sites for hydroxylation is 2. The number of rotatable bonds is 1. The van der Waals surface area contributed by atoms with Gasteiger partial charge in [0.2, 0.25) is 0 Å². The highest BCUT2D eigenvalue weighted by Crippen LogP contribution is 2.23. The lowest BCUT2D eigenvalue weighted by Crippen LogP contribution is -2.23. The van der Waals surface area contributed by atoms with Crippen molar-refractivity contribution in [2.24, 2.45) is 7.05 Å². The number of nitrogens with zero attached hydrogens (tertiary/aromatic N) is 2. The molecule has 3 nitrogen and oxygen atoms in total. The Hall–Kier alpha value is -0.610. The summed E-state index contributed by atoms with van der Waals surface area (Å²) in [6, 6.07) is 0. The molecule has 82 valence electrons. The zero-order chi connectivity index (χ0) is 10.8. The maximum atomic E-state index is 4.38. The van der Waals surface area contributed by atoms with Crippen LogP contribution in [-0.2, 0) is 7.05 Å². The van der Waals surface area contributed by atoms with Gasteiger partial charge in [-0.3, -0.25) is 4.68 Å². The number of hydrogen-bond acceptors (Lipinski definition) is 2. The molecule has 0 atom stereocenters. The predicted molar refractivity (Wildman–Crippen MR) is 65.7 cm³/mol. The Morgan fingerprint density at radius 1 is 1.53 bits per heavy atom. The van der Waals surface area contributed by atoms with E-state index < -0.39 is 0 Å². The van der Waals surface area contributed by atoms with Crippen LogP contribution in [0.4, 0.5) is 0 Å². The molecular formula is C11H16BrN3. The predicted octanol–water partition coefficient (Wildman–Crippen LogP) is 2.26. The molecule has 0 aliphatic carbocycles. The summed E-state index contributed by atoms with van der Waals surface area (Å²) in [4.78, 5) is 0. The van der Waals surface area contributed by atoms with Gasteiger partial charge in [0, 0.05) is 13.6 Å². The highest BCUT2D eigenvalue weighted by atomic mass is 79.9. The van der Waals surface area contributed by atoms with Gasteiger partial charge in [0.15, 0.2) is 0 Å². The average molecular weight is 270 g/mol. The first kappa shape index (κ1) is 10.9. The highest BCUT2D eigenvalue weighted by Gasteiger charge is 2.10. The quantitative estimate of drug-likeness (QED) is 0.848. The summed E-state index contributed by atoms with van der Waals surface area (Å²) < 4.78 is 3.05. The molecular weight excluding hydrogens is 254 g/mol. The number of piperidine rings is 1. The van der Waals surface area contributed by atoms with Gasteiger partial charge in [-0.05, 0) is 48.3 Å². The summed E-state index contributed by atoms with van der Waals surface area (Å²) in [5.41, 5.74) is 3.68.